The molecule has 0 aliphatic rings. The maximum atomic E-state index is 11.1. The van der Waals surface area contributed by atoms with Gasteiger partial charge in [0.15, 0.2) is 11.5 Å². The van der Waals surface area contributed by atoms with E-state index in [1.165, 1.54) is 0 Å². The van der Waals surface area contributed by atoms with Crippen LogP contribution in [0.25, 0.3) is 0 Å². The third kappa shape index (κ3) is 3.51. The van der Waals surface area contributed by atoms with E-state index in [2.05, 4.69) is 5.32 Å². The number of rotatable bonds is 7. The van der Waals surface area contributed by atoms with E-state index in [1.807, 2.05) is 0 Å². The summed E-state index contributed by atoms with van der Waals surface area (Å²) in [5, 5.41) is 3.04. The summed E-state index contributed by atoms with van der Waals surface area (Å²) in [4.78, 5) is 11.1. The minimum atomic E-state index is -0.381. The van der Waals surface area contributed by atoms with Crippen LogP contribution < -0.4 is 25.3 Å². The zero-order valence-electron chi connectivity index (χ0n) is 11.6. The molecule has 1 aromatic carbocycles. The van der Waals surface area contributed by atoms with Gasteiger partial charge in [-0.25, -0.2) is 0 Å². The first-order valence-corrected chi connectivity index (χ1v) is 5.82. The molecule has 0 aliphatic heterocycles. The Morgan fingerprint density at radius 2 is 1.74 bits per heavy atom. The molecule has 0 saturated carbocycles. The standard InChI is InChI=1S/C13H20N2O4/c1-15-9(7-12(14)16)8-5-10(17-2)13(19-4)11(6-8)18-3/h5-6,9,15H,7H2,1-4H3,(H2,14,16). The maximum Gasteiger partial charge on any atom is 0.219 e. The highest BCUT2D eigenvalue weighted by molar-refractivity contribution is 5.74. The number of ether oxygens (including phenoxy) is 3. The van der Waals surface area contributed by atoms with E-state index in [0.717, 1.165) is 5.56 Å². The van der Waals surface area contributed by atoms with E-state index in [1.54, 1.807) is 40.5 Å². The van der Waals surface area contributed by atoms with E-state index in [0.29, 0.717) is 17.2 Å². The molecule has 0 bridgehead atoms. The first-order valence-electron chi connectivity index (χ1n) is 5.82. The van der Waals surface area contributed by atoms with Gasteiger partial charge in [0.2, 0.25) is 11.7 Å². The second-order valence-electron chi connectivity index (χ2n) is 3.97. The van der Waals surface area contributed by atoms with Crippen molar-refractivity contribution in [2.45, 2.75) is 12.5 Å². The Bertz CT molecular complexity index is 423. The number of nitrogens with two attached hydrogens (primary N) is 1. The summed E-state index contributed by atoms with van der Waals surface area (Å²) in [7, 11) is 6.39. The smallest absolute Gasteiger partial charge is 0.219 e. The van der Waals surface area contributed by atoms with Crippen LogP contribution in [-0.4, -0.2) is 34.3 Å². The summed E-state index contributed by atoms with van der Waals surface area (Å²) in [6, 6.07) is 3.39. The van der Waals surface area contributed by atoms with E-state index >= 15 is 0 Å². The van der Waals surface area contributed by atoms with Gasteiger partial charge in [0.25, 0.3) is 0 Å². The summed E-state index contributed by atoms with van der Waals surface area (Å²) in [5.41, 5.74) is 6.08. The van der Waals surface area contributed by atoms with Gasteiger partial charge in [-0.3, -0.25) is 4.79 Å². The molecule has 19 heavy (non-hydrogen) atoms. The van der Waals surface area contributed by atoms with Crippen LogP contribution in [-0.2, 0) is 4.79 Å². The Morgan fingerprint density at radius 3 is 2.05 bits per heavy atom. The van der Waals surface area contributed by atoms with Crippen molar-refractivity contribution in [1.82, 2.24) is 5.32 Å². The monoisotopic (exact) mass is 268 g/mol. The molecule has 1 aromatic rings. The molecule has 0 spiro atoms. The number of carbonyl (C=O) groups is 1. The first kappa shape index (κ1) is 15.1. The van der Waals surface area contributed by atoms with Gasteiger partial charge < -0.3 is 25.3 Å². The van der Waals surface area contributed by atoms with Crippen LogP contribution in [0, 0.1) is 0 Å². The fraction of sp³-hybridized carbons (Fsp3) is 0.462. The van der Waals surface area contributed by atoms with Gasteiger partial charge >= 0.3 is 0 Å². The summed E-state index contributed by atoms with van der Waals surface area (Å²) in [5.74, 6) is 1.22. The molecule has 3 N–H and O–H groups in total. The molecular weight excluding hydrogens is 248 g/mol. The van der Waals surface area contributed by atoms with Gasteiger partial charge in [-0.15, -0.1) is 0 Å². The Balaban J connectivity index is 3.24. The average molecular weight is 268 g/mol. The molecular formula is C13H20N2O4. The van der Waals surface area contributed by atoms with E-state index in [4.69, 9.17) is 19.9 Å². The number of hydrogen-bond acceptors (Lipinski definition) is 5. The van der Waals surface area contributed by atoms with Crippen molar-refractivity contribution in [1.29, 1.82) is 0 Å². The predicted molar refractivity (Wildman–Crippen MR) is 71.7 cm³/mol. The van der Waals surface area contributed by atoms with E-state index in [-0.39, 0.29) is 18.4 Å². The van der Waals surface area contributed by atoms with Gasteiger partial charge in [0.05, 0.1) is 21.3 Å². The van der Waals surface area contributed by atoms with Crippen molar-refractivity contribution in [3.8, 4) is 17.2 Å². The van der Waals surface area contributed by atoms with Crippen molar-refractivity contribution in [2.24, 2.45) is 5.73 Å². The van der Waals surface area contributed by atoms with Crippen molar-refractivity contribution >= 4 is 5.91 Å². The largest absolute Gasteiger partial charge is 0.493 e. The number of nitrogens with one attached hydrogen (secondary N) is 1. The summed E-state index contributed by atoms with van der Waals surface area (Å²) in [6.45, 7) is 0. The SMILES string of the molecule is CNC(CC(N)=O)c1cc(OC)c(OC)c(OC)c1. The Kier molecular flexibility index (Phi) is 5.44. The molecule has 0 aromatic heterocycles. The van der Waals surface area contributed by atoms with Crippen LogP contribution in [0.3, 0.4) is 0 Å². The van der Waals surface area contributed by atoms with Gasteiger partial charge in [-0.2, -0.15) is 0 Å². The summed E-state index contributed by atoms with van der Waals surface area (Å²) in [6.07, 6.45) is 0.190. The second-order valence-corrected chi connectivity index (χ2v) is 3.97. The van der Waals surface area contributed by atoms with Gasteiger partial charge in [-0.1, -0.05) is 0 Å². The molecule has 1 rings (SSSR count). The van der Waals surface area contributed by atoms with Crippen LogP contribution in [0.1, 0.15) is 18.0 Å². The number of benzene rings is 1. The number of methoxy groups -OCH3 is 3. The molecule has 6 nitrogen and oxygen atoms in total. The third-order valence-electron chi connectivity index (χ3n) is 2.84. The zero-order chi connectivity index (χ0) is 14.4. The maximum absolute atomic E-state index is 11.1. The Morgan fingerprint density at radius 1 is 1.21 bits per heavy atom. The highest BCUT2D eigenvalue weighted by atomic mass is 16.5. The third-order valence-corrected chi connectivity index (χ3v) is 2.84. The van der Waals surface area contributed by atoms with Gasteiger partial charge in [0, 0.05) is 12.5 Å². The lowest BCUT2D eigenvalue weighted by molar-refractivity contribution is -0.118. The normalized spacial score (nSPS) is 11.8. The predicted octanol–water partition coefficient (Wildman–Crippen LogP) is 0.848. The average Bonchev–Trinajstić information content (AvgIpc) is 2.42. The van der Waals surface area contributed by atoms with Crippen LogP contribution in [0.5, 0.6) is 17.2 Å². The molecule has 0 radical (unpaired) electrons. The van der Waals surface area contributed by atoms with Crippen LogP contribution in [0.4, 0.5) is 0 Å². The van der Waals surface area contributed by atoms with Crippen LogP contribution in [0.2, 0.25) is 0 Å². The Hall–Kier alpha value is -1.95. The van der Waals surface area contributed by atoms with Crippen molar-refractivity contribution in [2.75, 3.05) is 28.4 Å². The quantitative estimate of drug-likeness (QED) is 0.766. The molecule has 0 fully saturated rings. The van der Waals surface area contributed by atoms with Crippen molar-refractivity contribution in [3.05, 3.63) is 17.7 Å². The van der Waals surface area contributed by atoms with Crippen LogP contribution >= 0.6 is 0 Å². The lowest BCUT2D eigenvalue weighted by Crippen LogP contribution is -2.23. The highest BCUT2D eigenvalue weighted by Gasteiger charge is 2.19. The molecule has 1 amide bonds. The fourth-order valence-corrected chi connectivity index (χ4v) is 1.89. The highest BCUT2D eigenvalue weighted by Crippen LogP contribution is 2.40. The van der Waals surface area contributed by atoms with Crippen molar-refractivity contribution in [3.63, 3.8) is 0 Å². The van der Waals surface area contributed by atoms with Crippen molar-refractivity contribution < 1.29 is 19.0 Å². The lowest BCUT2D eigenvalue weighted by Gasteiger charge is -2.19. The molecule has 0 heterocycles. The van der Waals surface area contributed by atoms with Gasteiger partial charge in [-0.05, 0) is 24.7 Å². The molecule has 6 heteroatoms. The minimum Gasteiger partial charge on any atom is -0.493 e. The summed E-state index contributed by atoms with van der Waals surface area (Å²) >= 11 is 0. The summed E-state index contributed by atoms with van der Waals surface area (Å²) < 4.78 is 15.8. The van der Waals surface area contributed by atoms with E-state index < -0.39 is 0 Å². The van der Waals surface area contributed by atoms with Gasteiger partial charge in [0.1, 0.15) is 0 Å². The van der Waals surface area contributed by atoms with E-state index in [9.17, 15) is 4.79 Å². The Labute approximate surface area is 112 Å². The first-order chi connectivity index (χ1) is 9.07. The number of amides is 1. The molecule has 0 saturated heterocycles. The van der Waals surface area contributed by atoms with Crippen LogP contribution in [0.15, 0.2) is 12.1 Å². The molecule has 1 atom stereocenters. The number of primary amides is 1. The lowest BCUT2D eigenvalue weighted by atomic mass is 10.0. The molecule has 0 aliphatic carbocycles. The zero-order valence-corrected chi connectivity index (χ0v) is 11.6. The molecule has 106 valence electrons. The fourth-order valence-electron chi connectivity index (χ4n) is 1.89. The number of carbonyl (C=O) groups excluding carboxylic acids is 1. The molecule has 1 unspecified atom stereocenters. The minimum absolute atomic E-state index is 0.190. The number of hydrogen-bond donors (Lipinski definition) is 2. The second kappa shape index (κ2) is 6.84. The topological polar surface area (TPSA) is 82.8 Å².